The van der Waals surface area contributed by atoms with Gasteiger partial charge in [-0.3, -0.25) is 0 Å². The summed E-state index contributed by atoms with van der Waals surface area (Å²) in [5, 5.41) is 9.88. The Morgan fingerprint density at radius 3 is 2.65 bits per heavy atom. The lowest BCUT2D eigenvalue weighted by atomic mass is 10.2. The molecule has 0 amide bonds. The van der Waals surface area contributed by atoms with Crippen LogP contribution in [0.3, 0.4) is 0 Å². The van der Waals surface area contributed by atoms with Crippen LogP contribution in [0.1, 0.15) is 30.7 Å². The third-order valence-electron chi connectivity index (χ3n) is 2.86. The highest BCUT2D eigenvalue weighted by Gasteiger charge is 2.39. The van der Waals surface area contributed by atoms with Crippen LogP contribution in [0.4, 0.5) is 13.2 Å². The fourth-order valence-electron chi connectivity index (χ4n) is 1.81. The standard InChI is InChI=1S/C10H15F3N4/c1-14-6-8-9(10(11,12)13)17(16-15-8)5-4-7-2-3-7/h7,14H,2-6H2,1H3. The van der Waals surface area contributed by atoms with E-state index in [1.54, 1.807) is 7.05 Å². The minimum Gasteiger partial charge on any atom is -0.314 e. The van der Waals surface area contributed by atoms with Crippen LogP contribution in [-0.4, -0.2) is 22.0 Å². The lowest BCUT2D eigenvalue weighted by Gasteiger charge is -2.10. The highest BCUT2D eigenvalue weighted by molar-refractivity contribution is 5.13. The van der Waals surface area contributed by atoms with Gasteiger partial charge < -0.3 is 5.32 Å². The Morgan fingerprint density at radius 1 is 1.41 bits per heavy atom. The van der Waals surface area contributed by atoms with Crippen LogP contribution in [0.5, 0.6) is 0 Å². The number of rotatable bonds is 5. The molecule has 0 radical (unpaired) electrons. The molecule has 1 aromatic heterocycles. The maximum absolute atomic E-state index is 12.9. The monoisotopic (exact) mass is 248 g/mol. The minimum absolute atomic E-state index is 0.0317. The van der Waals surface area contributed by atoms with Crippen molar-refractivity contribution in [1.82, 2.24) is 20.3 Å². The van der Waals surface area contributed by atoms with Gasteiger partial charge in [0.05, 0.1) is 0 Å². The Balaban J connectivity index is 2.17. The first kappa shape index (κ1) is 12.3. The highest BCUT2D eigenvalue weighted by atomic mass is 19.4. The molecule has 7 heteroatoms. The smallest absolute Gasteiger partial charge is 0.314 e. The average molecular weight is 248 g/mol. The van der Waals surface area contributed by atoms with Crippen molar-refractivity contribution in [3.8, 4) is 0 Å². The van der Waals surface area contributed by atoms with Gasteiger partial charge in [-0.05, 0) is 19.4 Å². The molecular weight excluding hydrogens is 233 g/mol. The number of hydrogen-bond acceptors (Lipinski definition) is 3. The summed E-state index contributed by atoms with van der Waals surface area (Å²) in [4.78, 5) is 0. The fraction of sp³-hybridized carbons (Fsp3) is 0.800. The van der Waals surface area contributed by atoms with Gasteiger partial charge in [0, 0.05) is 13.1 Å². The summed E-state index contributed by atoms with van der Waals surface area (Å²) in [6, 6.07) is 0. The zero-order valence-electron chi connectivity index (χ0n) is 9.59. The Morgan fingerprint density at radius 2 is 2.12 bits per heavy atom. The van der Waals surface area contributed by atoms with Crippen molar-refractivity contribution in [3.63, 3.8) is 0 Å². The topological polar surface area (TPSA) is 42.7 Å². The zero-order chi connectivity index (χ0) is 12.5. The molecule has 1 heterocycles. The van der Waals surface area contributed by atoms with Crippen molar-refractivity contribution in [3.05, 3.63) is 11.4 Å². The SMILES string of the molecule is CNCc1nnn(CCC2CC2)c1C(F)(F)F. The first-order valence-electron chi connectivity index (χ1n) is 5.66. The maximum atomic E-state index is 12.9. The lowest BCUT2D eigenvalue weighted by molar-refractivity contribution is -0.145. The third-order valence-corrected chi connectivity index (χ3v) is 2.86. The largest absolute Gasteiger partial charge is 0.434 e. The van der Waals surface area contributed by atoms with Gasteiger partial charge in [-0.25, -0.2) is 4.68 Å². The zero-order valence-corrected chi connectivity index (χ0v) is 9.59. The Kier molecular flexibility index (Phi) is 3.37. The molecule has 0 atom stereocenters. The van der Waals surface area contributed by atoms with E-state index in [4.69, 9.17) is 0 Å². The summed E-state index contributed by atoms with van der Waals surface area (Å²) >= 11 is 0. The van der Waals surface area contributed by atoms with Crippen LogP contribution >= 0.6 is 0 Å². The molecule has 0 aromatic carbocycles. The molecule has 1 aliphatic carbocycles. The summed E-state index contributed by atoms with van der Waals surface area (Å²) in [6.45, 7) is 0.383. The minimum atomic E-state index is -4.39. The summed E-state index contributed by atoms with van der Waals surface area (Å²) in [7, 11) is 1.59. The van der Waals surface area contributed by atoms with Crippen molar-refractivity contribution >= 4 is 0 Å². The van der Waals surface area contributed by atoms with E-state index in [0.29, 0.717) is 12.5 Å². The number of aryl methyl sites for hydroxylation is 1. The van der Waals surface area contributed by atoms with E-state index in [-0.39, 0.29) is 12.2 Å². The fourth-order valence-corrected chi connectivity index (χ4v) is 1.81. The summed E-state index contributed by atoms with van der Waals surface area (Å²) in [5.41, 5.74) is -0.747. The van der Waals surface area contributed by atoms with E-state index in [2.05, 4.69) is 15.6 Å². The van der Waals surface area contributed by atoms with E-state index in [0.717, 1.165) is 23.9 Å². The number of halogens is 3. The molecule has 0 aliphatic heterocycles. The predicted octanol–water partition coefficient (Wildman–Crippen LogP) is 1.82. The van der Waals surface area contributed by atoms with Crippen molar-refractivity contribution in [2.24, 2.45) is 5.92 Å². The number of aromatic nitrogens is 3. The number of alkyl halides is 3. The van der Waals surface area contributed by atoms with Crippen molar-refractivity contribution in [1.29, 1.82) is 0 Å². The van der Waals surface area contributed by atoms with Crippen LogP contribution in [0.2, 0.25) is 0 Å². The molecule has 4 nitrogen and oxygen atoms in total. The van der Waals surface area contributed by atoms with Crippen molar-refractivity contribution in [2.75, 3.05) is 7.05 Å². The van der Waals surface area contributed by atoms with E-state index >= 15 is 0 Å². The average Bonchev–Trinajstić information content (AvgIpc) is 2.96. The van der Waals surface area contributed by atoms with E-state index < -0.39 is 11.9 Å². The van der Waals surface area contributed by atoms with Crippen molar-refractivity contribution in [2.45, 2.75) is 38.5 Å². The molecule has 1 aliphatic rings. The third kappa shape index (κ3) is 2.96. The summed E-state index contributed by atoms with van der Waals surface area (Å²) < 4.78 is 39.6. The van der Waals surface area contributed by atoms with E-state index in [9.17, 15) is 13.2 Å². The summed E-state index contributed by atoms with van der Waals surface area (Å²) in [6.07, 6.45) is -1.39. The van der Waals surface area contributed by atoms with E-state index in [1.807, 2.05) is 0 Å². The van der Waals surface area contributed by atoms with Gasteiger partial charge >= 0.3 is 6.18 Å². The molecule has 0 spiro atoms. The Hall–Kier alpha value is -1.11. The molecule has 1 fully saturated rings. The Labute approximate surface area is 97.2 Å². The molecular formula is C10H15F3N4. The highest BCUT2D eigenvalue weighted by Crippen LogP contribution is 2.35. The molecule has 1 aromatic rings. The second-order valence-electron chi connectivity index (χ2n) is 4.37. The number of nitrogens with zero attached hydrogens (tertiary/aromatic N) is 3. The molecule has 17 heavy (non-hydrogen) atoms. The normalized spacial score (nSPS) is 16.5. The second-order valence-corrected chi connectivity index (χ2v) is 4.37. The van der Waals surface area contributed by atoms with Gasteiger partial charge in [-0.1, -0.05) is 18.1 Å². The predicted molar refractivity (Wildman–Crippen MR) is 55.1 cm³/mol. The lowest BCUT2D eigenvalue weighted by Crippen LogP contribution is -2.19. The van der Waals surface area contributed by atoms with E-state index in [1.165, 1.54) is 0 Å². The molecule has 0 saturated heterocycles. The van der Waals surface area contributed by atoms with Crippen LogP contribution in [0, 0.1) is 5.92 Å². The molecule has 1 N–H and O–H groups in total. The molecule has 2 rings (SSSR count). The maximum Gasteiger partial charge on any atom is 0.434 e. The number of hydrogen-bond donors (Lipinski definition) is 1. The van der Waals surface area contributed by atoms with Gasteiger partial charge in [0.1, 0.15) is 5.69 Å². The van der Waals surface area contributed by atoms with Gasteiger partial charge in [-0.2, -0.15) is 13.2 Å². The molecule has 0 bridgehead atoms. The first-order chi connectivity index (χ1) is 8.02. The second kappa shape index (κ2) is 4.64. The van der Waals surface area contributed by atoms with Gasteiger partial charge in [0.15, 0.2) is 5.69 Å². The first-order valence-corrected chi connectivity index (χ1v) is 5.66. The van der Waals surface area contributed by atoms with Gasteiger partial charge in [0.25, 0.3) is 0 Å². The van der Waals surface area contributed by atoms with Gasteiger partial charge in [0.2, 0.25) is 0 Å². The quantitative estimate of drug-likeness (QED) is 0.864. The number of nitrogens with one attached hydrogen (secondary N) is 1. The van der Waals surface area contributed by atoms with Gasteiger partial charge in [-0.15, -0.1) is 5.10 Å². The van der Waals surface area contributed by atoms with Crippen molar-refractivity contribution < 1.29 is 13.2 Å². The molecule has 0 unspecified atom stereocenters. The summed E-state index contributed by atoms with van der Waals surface area (Å²) in [5.74, 6) is 0.577. The molecule has 1 saturated carbocycles. The van der Waals surface area contributed by atoms with Crippen LogP contribution in [0.25, 0.3) is 0 Å². The van der Waals surface area contributed by atoms with Crippen LogP contribution in [-0.2, 0) is 19.3 Å². The molecule has 96 valence electrons. The Bertz CT molecular complexity index is 381. The van der Waals surface area contributed by atoms with Crippen LogP contribution < -0.4 is 5.32 Å². The van der Waals surface area contributed by atoms with Crippen LogP contribution in [0.15, 0.2) is 0 Å².